The number of aryl methyl sites for hydroxylation is 1. The van der Waals surface area contributed by atoms with E-state index < -0.39 is 0 Å². The van der Waals surface area contributed by atoms with E-state index in [4.69, 9.17) is 4.74 Å². The maximum absolute atomic E-state index is 5.71. The highest BCUT2D eigenvalue weighted by atomic mass is 79.9. The first kappa shape index (κ1) is 14.4. The Morgan fingerprint density at radius 1 is 1.05 bits per heavy atom. The first-order valence-corrected chi connectivity index (χ1v) is 7.62. The van der Waals surface area contributed by atoms with Gasteiger partial charge in [0.2, 0.25) is 0 Å². The van der Waals surface area contributed by atoms with Crippen LogP contribution in [0.2, 0.25) is 0 Å². The maximum Gasteiger partial charge on any atom is 0.133 e. The number of rotatable bonds is 5. The van der Waals surface area contributed by atoms with Crippen molar-refractivity contribution in [1.82, 2.24) is 0 Å². The van der Waals surface area contributed by atoms with E-state index >= 15 is 0 Å². The predicted octanol–water partition coefficient (Wildman–Crippen LogP) is 5.01. The van der Waals surface area contributed by atoms with E-state index in [1.54, 1.807) is 0 Å². The predicted molar refractivity (Wildman–Crippen MR) is 87.0 cm³/mol. The molecule has 0 atom stereocenters. The monoisotopic (exact) mass is 383 g/mol. The molecular formula is C15H15Br2NO. The van der Waals surface area contributed by atoms with Gasteiger partial charge in [-0.15, -0.1) is 0 Å². The third-order valence-corrected chi connectivity index (χ3v) is 3.75. The Kier molecular flexibility index (Phi) is 5.28. The summed E-state index contributed by atoms with van der Waals surface area (Å²) in [6.07, 6.45) is 0. The molecule has 0 amide bonds. The molecule has 0 radical (unpaired) electrons. The molecule has 0 aromatic heterocycles. The van der Waals surface area contributed by atoms with E-state index in [9.17, 15) is 0 Å². The summed E-state index contributed by atoms with van der Waals surface area (Å²) in [4.78, 5) is 0. The van der Waals surface area contributed by atoms with Crippen molar-refractivity contribution in [3.05, 3.63) is 57.0 Å². The van der Waals surface area contributed by atoms with Gasteiger partial charge >= 0.3 is 0 Å². The molecule has 1 N–H and O–H groups in total. The Bertz CT molecular complexity index is 540. The summed E-state index contributed by atoms with van der Waals surface area (Å²) < 4.78 is 7.69. The third kappa shape index (κ3) is 4.55. The van der Waals surface area contributed by atoms with E-state index in [0.717, 1.165) is 26.9 Å². The molecule has 0 saturated heterocycles. The van der Waals surface area contributed by atoms with Gasteiger partial charge in [0.05, 0.1) is 4.47 Å². The van der Waals surface area contributed by atoms with Crippen LogP contribution < -0.4 is 10.1 Å². The summed E-state index contributed by atoms with van der Waals surface area (Å²) in [5.74, 6) is 0.855. The average Bonchev–Trinajstić information content (AvgIpc) is 2.39. The quantitative estimate of drug-likeness (QED) is 0.731. The van der Waals surface area contributed by atoms with Crippen molar-refractivity contribution in [3.8, 4) is 5.75 Å². The zero-order valence-electron chi connectivity index (χ0n) is 10.6. The smallest absolute Gasteiger partial charge is 0.133 e. The molecule has 4 heteroatoms. The summed E-state index contributed by atoms with van der Waals surface area (Å²) in [5.41, 5.74) is 2.38. The van der Waals surface area contributed by atoms with Gasteiger partial charge in [-0.25, -0.2) is 0 Å². The minimum atomic E-state index is 0.619. The van der Waals surface area contributed by atoms with Crippen molar-refractivity contribution < 1.29 is 4.74 Å². The van der Waals surface area contributed by atoms with Gasteiger partial charge < -0.3 is 10.1 Å². The van der Waals surface area contributed by atoms with E-state index in [2.05, 4.69) is 68.4 Å². The van der Waals surface area contributed by atoms with Crippen LogP contribution in [0.5, 0.6) is 5.75 Å². The lowest BCUT2D eigenvalue weighted by atomic mass is 10.2. The summed E-state index contributed by atoms with van der Waals surface area (Å²) in [6.45, 7) is 3.47. The minimum absolute atomic E-state index is 0.619. The largest absolute Gasteiger partial charge is 0.491 e. The highest BCUT2D eigenvalue weighted by Crippen LogP contribution is 2.28. The first-order chi connectivity index (χ1) is 9.15. The van der Waals surface area contributed by atoms with Gasteiger partial charge in [-0.3, -0.25) is 0 Å². The topological polar surface area (TPSA) is 21.3 Å². The fourth-order valence-corrected chi connectivity index (χ4v) is 2.78. The molecule has 0 saturated carbocycles. The lowest BCUT2D eigenvalue weighted by Crippen LogP contribution is -2.11. The van der Waals surface area contributed by atoms with Crippen molar-refractivity contribution in [3.63, 3.8) is 0 Å². The number of anilines is 1. The summed E-state index contributed by atoms with van der Waals surface area (Å²) in [6, 6.07) is 14.2. The van der Waals surface area contributed by atoms with Gasteiger partial charge in [-0.2, -0.15) is 0 Å². The second-order valence-corrected chi connectivity index (χ2v) is 5.99. The van der Waals surface area contributed by atoms with Crippen LogP contribution in [0.25, 0.3) is 0 Å². The number of benzene rings is 2. The molecule has 0 fully saturated rings. The van der Waals surface area contributed by atoms with Gasteiger partial charge in [-0.1, -0.05) is 33.6 Å². The number of hydrogen-bond acceptors (Lipinski definition) is 2. The molecule has 2 aromatic carbocycles. The molecular weight excluding hydrogens is 370 g/mol. The van der Waals surface area contributed by atoms with Crippen LogP contribution in [0.1, 0.15) is 5.56 Å². The Labute approximate surface area is 130 Å². The van der Waals surface area contributed by atoms with Crippen molar-refractivity contribution in [1.29, 1.82) is 0 Å². The van der Waals surface area contributed by atoms with E-state index in [1.807, 2.05) is 18.2 Å². The van der Waals surface area contributed by atoms with E-state index in [-0.39, 0.29) is 0 Å². The second kappa shape index (κ2) is 6.96. The molecule has 2 rings (SSSR count). The van der Waals surface area contributed by atoms with Gasteiger partial charge in [0, 0.05) is 16.7 Å². The molecule has 2 nitrogen and oxygen atoms in total. The second-order valence-electron chi connectivity index (χ2n) is 4.22. The molecule has 0 aliphatic carbocycles. The molecule has 0 aliphatic heterocycles. The minimum Gasteiger partial charge on any atom is -0.491 e. The van der Waals surface area contributed by atoms with E-state index in [0.29, 0.717) is 6.61 Å². The number of halogens is 2. The Balaban J connectivity index is 1.79. The van der Waals surface area contributed by atoms with Crippen LogP contribution in [0.15, 0.2) is 51.4 Å². The standard InChI is InChI=1S/C15H15Br2NO/c1-11-2-5-13(6-3-11)18-8-9-19-15-7-4-12(16)10-14(15)17/h2-7,10,18H,8-9H2,1H3. The fourth-order valence-electron chi connectivity index (χ4n) is 1.62. The van der Waals surface area contributed by atoms with Gasteiger partial charge in [0.25, 0.3) is 0 Å². The normalized spacial score (nSPS) is 10.3. The summed E-state index contributed by atoms with van der Waals surface area (Å²) in [7, 11) is 0. The maximum atomic E-state index is 5.71. The average molecular weight is 385 g/mol. The van der Waals surface area contributed by atoms with Crippen LogP contribution in [0.3, 0.4) is 0 Å². The lowest BCUT2D eigenvalue weighted by Gasteiger charge is -2.10. The fraction of sp³-hybridized carbons (Fsp3) is 0.200. The van der Waals surface area contributed by atoms with Crippen molar-refractivity contribution in [2.75, 3.05) is 18.5 Å². The molecule has 0 unspecified atom stereocenters. The Hall–Kier alpha value is -1.000. The van der Waals surface area contributed by atoms with E-state index in [1.165, 1.54) is 5.56 Å². The van der Waals surface area contributed by atoms with Crippen LogP contribution in [0.4, 0.5) is 5.69 Å². The van der Waals surface area contributed by atoms with Crippen LogP contribution in [-0.2, 0) is 0 Å². The van der Waals surface area contributed by atoms with Crippen molar-refractivity contribution in [2.24, 2.45) is 0 Å². The molecule has 0 heterocycles. The molecule has 0 bridgehead atoms. The molecule has 100 valence electrons. The SMILES string of the molecule is Cc1ccc(NCCOc2ccc(Br)cc2Br)cc1. The Morgan fingerprint density at radius 2 is 1.79 bits per heavy atom. The zero-order valence-corrected chi connectivity index (χ0v) is 13.8. The molecule has 0 aliphatic rings. The van der Waals surface area contributed by atoms with Crippen LogP contribution in [0, 0.1) is 6.92 Å². The zero-order chi connectivity index (χ0) is 13.7. The van der Waals surface area contributed by atoms with Crippen LogP contribution in [-0.4, -0.2) is 13.2 Å². The highest BCUT2D eigenvalue weighted by Gasteiger charge is 2.01. The number of nitrogens with one attached hydrogen (secondary N) is 1. The van der Waals surface area contributed by atoms with Gasteiger partial charge in [-0.05, 0) is 53.2 Å². The molecule has 0 spiro atoms. The van der Waals surface area contributed by atoms with Crippen molar-refractivity contribution in [2.45, 2.75) is 6.92 Å². The van der Waals surface area contributed by atoms with Crippen LogP contribution >= 0.6 is 31.9 Å². The summed E-state index contributed by atoms with van der Waals surface area (Å²) >= 11 is 6.89. The van der Waals surface area contributed by atoms with Crippen molar-refractivity contribution >= 4 is 37.5 Å². The first-order valence-electron chi connectivity index (χ1n) is 6.03. The molecule has 2 aromatic rings. The third-order valence-electron chi connectivity index (χ3n) is 2.63. The summed E-state index contributed by atoms with van der Waals surface area (Å²) in [5, 5.41) is 3.32. The lowest BCUT2D eigenvalue weighted by molar-refractivity contribution is 0.331. The molecule has 19 heavy (non-hydrogen) atoms. The van der Waals surface area contributed by atoms with Gasteiger partial charge in [0.15, 0.2) is 0 Å². The number of ether oxygens (including phenoxy) is 1. The number of hydrogen-bond donors (Lipinski definition) is 1. The highest BCUT2D eigenvalue weighted by molar-refractivity contribution is 9.11. The van der Waals surface area contributed by atoms with Gasteiger partial charge in [0.1, 0.15) is 12.4 Å². The Morgan fingerprint density at radius 3 is 2.47 bits per heavy atom.